The number of hydrogen-bond acceptors (Lipinski definition) is 5. The number of esters is 1. The third-order valence-electron chi connectivity index (χ3n) is 2.02. The molecule has 1 heterocycles. The molecule has 0 atom stereocenters. The van der Waals surface area contributed by atoms with Crippen LogP contribution in [0, 0.1) is 0 Å². The number of ether oxygens (including phenoxy) is 2. The standard InChI is InChI=1S/C10H10F4N2O3/c1-2-18-9(17)8-5(3-11)7(15)6(4-16-8)19-10(12,13)14/h4H,2-3H2,1H3,(H2,15,16). The molecular formula is C10H10F4N2O3. The third-order valence-corrected chi connectivity index (χ3v) is 2.02. The Labute approximate surface area is 105 Å². The lowest BCUT2D eigenvalue weighted by Crippen LogP contribution is -2.20. The predicted molar refractivity (Wildman–Crippen MR) is 56.1 cm³/mol. The number of rotatable bonds is 4. The minimum absolute atomic E-state index is 0.00689. The predicted octanol–water partition coefficient (Wildman–Crippen LogP) is 2.21. The molecular weight excluding hydrogens is 272 g/mol. The lowest BCUT2D eigenvalue weighted by atomic mass is 10.1. The van der Waals surface area contributed by atoms with Crippen LogP contribution in [0.4, 0.5) is 23.2 Å². The maximum atomic E-state index is 12.8. The Morgan fingerprint density at radius 3 is 2.58 bits per heavy atom. The number of carbonyl (C=O) groups excluding carboxylic acids is 1. The Morgan fingerprint density at radius 1 is 1.47 bits per heavy atom. The van der Waals surface area contributed by atoms with Crippen LogP contribution in [0.25, 0.3) is 0 Å². The number of halogens is 4. The zero-order valence-electron chi connectivity index (χ0n) is 9.75. The average Bonchev–Trinajstić information content (AvgIpc) is 2.30. The van der Waals surface area contributed by atoms with Crippen molar-refractivity contribution < 1.29 is 31.8 Å². The van der Waals surface area contributed by atoms with Crippen LogP contribution in [0.5, 0.6) is 5.75 Å². The molecule has 1 aromatic heterocycles. The second kappa shape index (κ2) is 5.72. The van der Waals surface area contributed by atoms with Gasteiger partial charge in [0.15, 0.2) is 11.4 Å². The van der Waals surface area contributed by atoms with E-state index in [0.29, 0.717) is 6.20 Å². The second-order valence-corrected chi connectivity index (χ2v) is 3.27. The van der Waals surface area contributed by atoms with E-state index in [9.17, 15) is 22.4 Å². The van der Waals surface area contributed by atoms with Gasteiger partial charge in [-0.15, -0.1) is 13.2 Å². The number of hydrogen-bond donors (Lipinski definition) is 1. The number of nitrogens with two attached hydrogens (primary N) is 1. The van der Waals surface area contributed by atoms with Crippen LogP contribution in [0.1, 0.15) is 23.0 Å². The largest absolute Gasteiger partial charge is 0.573 e. The topological polar surface area (TPSA) is 74.4 Å². The average molecular weight is 282 g/mol. The first kappa shape index (κ1) is 15.0. The smallest absolute Gasteiger partial charge is 0.461 e. The molecule has 0 unspecified atom stereocenters. The third kappa shape index (κ3) is 3.70. The SMILES string of the molecule is CCOC(=O)c1ncc(OC(F)(F)F)c(N)c1CF. The molecule has 0 fully saturated rings. The van der Waals surface area contributed by atoms with E-state index in [1.54, 1.807) is 0 Å². The first-order valence-corrected chi connectivity index (χ1v) is 5.06. The molecule has 0 bridgehead atoms. The fraction of sp³-hybridized carbons (Fsp3) is 0.400. The highest BCUT2D eigenvalue weighted by Gasteiger charge is 2.33. The quantitative estimate of drug-likeness (QED) is 0.677. The summed E-state index contributed by atoms with van der Waals surface area (Å²) >= 11 is 0. The van der Waals surface area contributed by atoms with Crippen molar-refractivity contribution in [2.45, 2.75) is 20.0 Å². The number of aromatic nitrogens is 1. The van der Waals surface area contributed by atoms with Crippen molar-refractivity contribution >= 4 is 11.7 Å². The lowest BCUT2D eigenvalue weighted by Gasteiger charge is -2.14. The molecule has 1 rings (SSSR count). The van der Waals surface area contributed by atoms with Crippen LogP contribution >= 0.6 is 0 Å². The van der Waals surface area contributed by atoms with Crippen LogP contribution in [0.3, 0.4) is 0 Å². The van der Waals surface area contributed by atoms with E-state index in [2.05, 4.69) is 14.5 Å². The number of nitrogens with zero attached hydrogens (tertiary/aromatic N) is 1. The van der Waals surface area contributed by atoms with Crippen LogP contribution in [-0.2, 0) is 11.4 Å². The van der Waals surface area contributed by atoms with Crippen LogP contribution < -0.4 is 10.5 Å². The summed E-state index contributed by atoms with van der Waals surface area (Å²) in [5.74, 6) is -1.84. The van der Waals surface area contributed by atoms with Crippen molar-refractivity contribution in [3.63, 3.8) is 0 Å². The molecule has 19 heavy (non-hydrogen) atoms. The summed E-state index contributed by atoms with van der Waals surface area (Å²) in [6.45, 7) is 0.243. The molecule has 0 amide bonds. The van der Waals surface area contributed by atoms with Crippen molar-refractivity contribution in [1.82, 2.24) is 4.98 Å². The highest BCUT2D eigenvalue weighted by Crippen LogP contribution is 2.32. The summed E-state index contributed by atoms with van der Waals surface area (Å²) in [6, 6.07) is 0. The van der Waals surface area contributed by atoms with Gasteiger partial charge in [-0.25, -0.2) is 14.2 Å². The van der Waals surface area contributed by atoms with E-state index in [-0.39, 0.29) is 6.61 Å². The molecule has 5 nitrogen and oxygen atoms in total. The van der Waals surface area contributed by atoms with Crippen molar-refractivity contribution in [3.8, 4) is 5.75 Å². The molecule has 0 aliphatic carbocycles. The first-order valence-electron chi connectivity index (χ1n) is 5.06. The summed E-state index contributed by atoms with van der Waals surface area (Å²) in [4.78, 5) is 14.8. The van der Waals surface area contributed by atoms with Gasteiger partial charge in [-0.1, -0.05) is 0 Å². The van der Waals surface area contributed by atoms with Gasteiger partial charge in [0.25, 0.3) is 0 Å². The summed E-state index contributed by atoms with van der Waals surface area (Å²) in [7, 11) is 0. The van der Waals surface area contributed by atoms with Gasteiger partial charge in [0, 0.05) is 5.56 Å². The van der Waals surface area contributed by atoms with Crippen molar-refractivity contribution in [2.24, 2.45) is 0 Å². The van der Waals surface area contributed by atoms with Gasteiger partial charge in [0.2, 0.25) is 0 Å². The first-order chi connectivity index (χ1) is 8.80. The number of carbonyl (C=O) groups is 1. The van der Waals surface area contributed by atoms with Crippen molar-refractivity contribution in [2.75, 3.05) is 12.3 Å². The molecule has 106 valence electrons. The van der Waals surface area contributed by atoms with Crippen molar-refractivity contribution in [1.29, 1.82) is 0 Å². The van der Waals surface area contributed by atoms with E-state index in [1.807, 2.05) is 0 Å². The van der Waals surface area contributed by atoms with Gasteiger partial charge >= 0.3 is 12.3 Å². The van der Waals surface area contributed by atoms with Crippen LogP contribution in [-0.4, -0.2) is 23.9 Å². The van der Waals surface area contributed by atoms with Gasteiger partial charge < -0.3 is 15.2 Å². The molecule has 1 aromatic rings. The fourth-order valence-electron chi connectivity index (χ4n) is 1.26. The van der Waals surface area contributed by atoms with E-state index >= 15 is 0 Å². The van der Waals surface area contributed by atoms with E-state index in [4.69, 9.17) is 5.73 Å². The zero-order chi connectivity index (χ0) is 14.6. The minimum Gasteiger partial charge on any atom is -0.461 e. The zero-order valence-corrected chi connectivity index (χ0v) is 9.75. The molecule has 0 saturated carbocycles. The minimum atomic E-state index is -4.99. The van der Waals surface area contributed by atoms with Gasteiger partial charge in [-0.2, -0.15) is 0 Å². The van der Waals surface area contributed by atoms with Crippen molar-refractivity contribution in [3.05, 3.63) is 17.5 Å². The number of alkyl halides is 4. The van der Waals surface area contributed by atoms with E-state index in [0.717, 1.165) is 0 Å². The fourth-order valence-corrected chi connectivity index (χ4v) is 1.26. The maximum Gasteiger partial charge on any atom is 0.573 e. The highest BCUT2D eigenvalue weighted by atomic mass is 19.4. The van der Waals surface area contributed by atoms with Gasteiger partial charge in [-0.05, 0) is 6.92 Å². The molecule has 0 radical (unpaired) electrons. The van der Waals surface area contributed by atoms with Crippen LogP contribution in [0.2, 0.25) is 0 Å². The van der Waals surface area contributed by atoms with Gasteiger partial charge in [0.05, 0.1) is 18.5 Å². The molecule has 0 aromatic carbocycles. The normalized spacial score (nSPS) is 11.2. The monoisotopic (exact) mass is 282 g/mol. The summed E-state index contributed by atoms with van der Waals surface area (Å²) < 4.78 is 57.1. The summed E-state index contributed by atoms with van der Waals surface area (Å²) in [5, 5.41) is 0. The summed E-state index contributed by atoms with van der Waals surface area (Å²) in [5.41, 5.74) is 3.71. The molecule has 0 spiro atoms. The van der Waals surface area contributed by atoms with E-state index < -0.39 is 41.7 Å². The second-order valence-electron chi connectivity index (χ2n) is 3.27. The lowest BCUT2D eigenvalue weighted by molar-refractivity contribution is -0.274. The Morgan fingerprint density at radius 2 is 2.11 bits per heavy atom. The Balaban J connectivity index is 3.19. The maximum absolute atomic E-state index is 12.8. The molecule has 0 aliphatic rings. The molecule has 0 aliphatic heterocycles. The van der Waals surface area contributed by atoms with Crippen LogP contribution in [0.15, 0.2) is 6.20 Å². The van der Waals surface area contributed by atoms with Gasteiger partial charge in [0.1, 0.15) is 6.67 Å². The Hall–Kier alpha value is -2.06. The summed E-state index contributed by atoms with van der Waals surface area (Å²) in [6.07, 6.45) is -4.40. The highest BCUT2D eigenvalue weighted by molar-refractivity contribution is 5.91. The Bertz CT molecular complexity index is 477. The molecule has 9 heteroatoms. The number of pyridine rings is 1. The van der Waals surface area contributed by atoms with E-state index in [1.165, 1.54) is 6.92 Å². The molecule has 0 saturated heterocycles. The van der Waals surface area contributed by atoms with Gasteiger partial charge in [-0.3, -0.25) is 0 Å². The Kier molecular flexibility index (Phi) is 4.52. The number of nitrogen functional groups attached to an aromatic ring is 1. The molecule has 2 N–H and O–H groups in total. The number of anilines is 1.